The molecule has 1 amide bonds. The zero-order chi connectivity index (χ0) is 17.3. The fourth-order valence-electron chi connectivity index (χ4n) is 2.71. The van der Waals surface area contributed by atoms with Crippen LogP contribution in [-0.2, 0) is 4.74 Å². The highest BCUT2D eigenvalue weighted by molar-refractivity contribution is 6.04. The number of aromatic nitrogens is 2. The fourth-order valence-corrected chi connectivity index (χ4v) is 2.71. The second-order valence-electron chi connectivity index (χ2n) is 5.57. The second-order valence-corrected chi connectivity index (χ2v) is 5.57. The first-order valence-electron chi connectivity index (χ1n) is 7.48. The van der Waals surface area contributed by atoms with Crippen molar-refractivity contribution in [2.45, 2.75) is 25.8 Å². The third-order valence-electron chi connectivity index (χ3n) is 4.05. The molecule has 0 saturated carbocycles. The van der Waals surface area contributed by atoms with E-state index in [1.54, 1.807) is 11.6 Å². The largest absolute Gasteiger partial charge is 0.379 e. The number of alkyl halides is 2. The molecular weight excluding hydrogens is 323 g/mol. The molecule has 0 bridgehead atoms. The predicted molar refractivity (Wildman–Crippen MR) is 80.7 cm³/mol. The van der Waals surface area contributed by atoms with Gasteiger partial charge in [0, 0.05) is 6.61 Å². The number of carbonyl (C=O) groups excluding carboxylic acids is 1. The van der Waals surface area contributed by atoms with Gasteiger partial charge in [-0.25, -0.2) is 13.2 Å². The topological polar surface area (TPSA) is 56.2 Å². The highest BCUT2D eigenvalue weighted by atomic mass is 19.3. The van der Waals surface area contributed by atoms with Crippen LogP contribution in [0.1, 0.15) is 40.5 Å². The van der Waals surface area contributed by atoms with Crippen LogP contribution in [0.3, 0.4) is 0 Å². The summed E-state index contributed by atoms with van der Waals surface area (Å²) in [5.74, 6) is -2.00. The van der Waals surface area contributed by atoms with Gasteiger partial charge in [-0.3, -0.25) is 9.48 Å². The van der Waals surface area contributed by atoms with Gasteiger partial charge in [0.25, 0.3) is 12.3 Å². The number of hydrogen-bond donors (Lipinski definition) is 1. The molecule has 1 fully saturated rings. The molecule has 1 saturated heterocycles. The summed E-state index contributed by atoms with van der Waals surface area (Å²) in [6.07, 6.45) is -0.703. The first kappa shape index (κ1) is 16.5. The van der Waals surface area contributed by atoms with E-state index in [0.29, 0.717) is 24.6 Å². The summed E-state index contributed by atoms with van der Waals surface area (Å²) in [5.41, 5.74) is -0.111. The van der Waals surface area contributed by atoms with Crippen molar-refractivity contribution in [1.82, 2.24) is 9.78 Å². The monoisotopic (exact) mass is 339 g/mol. The van der Waals surface area contributed by atoms with E-state index >= 15 is 0 Å². The third kappa shape index (κ3) is 3.01. The number of halogens is 3. The number of nitrogens with one attached hydrogen (secondary N) is 1. The molecule has 0 aliphatic carbocycles. The maximum atomic E-state index is 14.0. The molecule has 8 heteroatoms. The lowest BCUT2D eigenvalue weighted by Gasteiger charge is -2.12. The van der Waals surface area contributed by atoms with Crippen molar-refractivity contribution < 1.29 is 22.7 Å². The van der Waals surface area contributed by atoms with Crippen LogP contribution in [0.25, 0.3) is 0 Å². The van der Waals surface area contributed by atoms with Crippen LogP contribution in [0.4, 0.5) is 18.9 Å². The van der Waals surface area contributed by atoms with E-state index in [0.717, 1.165) is 12.5 Å². The summed E-state index contributed by atoms with van der Waals surface area (Å²) >= 11 is 0. The van der Waals surface area contributed by atoms with Crippen molar-refractivity contribution in [1.29, 1.82) is 0 Å². The number of ether oxygens (including phenoxy) is 1. The minimum absolute atomic E-state index is 0.0922. The lowest BCUT2D eigenvalue weighted by molar-refractivity contribution is 0.102. The quantitative estimate of drug-likeness (QED) is 0.928. The van der Waals surface area contributed by atoms with Crippen LogP contribution in [0.2, 0.25) is 0 Å². The number of benzene rings is 1. The van der Waals surface area contributed by atoms with Gasteiger partial charge in [-0.2, -0.15) is 5.10 Å². The predicted octanol–water partition coefficient (Wildman–Crippen LogP) is 3.48. The van der Waals surface area contributed by atoms with Crippen LogP contribution in [-0.4, -0.2) is 28.9 Å². The first-order valence-corrected chi connectivity index (χ1v) is 7.48. The first-order chi connectivity index (χ1) is 11.5. The van der Waals surface area contributed by atoms with Gasteiger partial charge < -0.3 is 10.1 Å². The molecule has 1 N–H and O–H groups in total. The number of carbonyl (C=O) groups is 1. The van der Waals surface area contributed by atoms with E-state index in [1.165, 1.54) is 18.3 Å². The Morgan fingerprint density at radius 1 is 1.46 bits per heavy atom. The summed E-state index contributed by atoms with van der Waals surface area (Å²) in [5, 5.41) is 6.75. The molecule has 24 heavy (non-hydrogen) atoms. The molecule has 1 aliphatic heterocycles. The van der Waals surface area contributed by atoms with E-state index in [-0.39, 0.29) is 6.04 Å². The smallest absolute Gasteiger partial charge is 0.266 e. The summed E-state index contributed by atoms with van der Waals surface area (Å²) in [6, 6.07) is 3.45. The van der Waals surface area contributed by atoms with Gasteiger partial charge in [-0.1, -0.05) is 12.1 Å². The molecule has 1 aliphatic rings. The Hall–Kier alpha value is -2.35. The van der Waals surface area contributed by atoms with Crippen molar-refractivity contribution in [2.24, 2.45) is 0 Å². The Morgan fingerprint density at radius 2 is 2.25 bits per heavy atom. The van der Waals surface area contributed by atoms with E-state index in [1.807, 2.05) is 0 Å². The molecular formula is C16H16F3N3O2. The molecule has 1 aromatic heterocycles. The van der Waals surface area contributed by atoms with Crippen LogP contribution in [0.5, 0.6) is 0 Å². The molecule has 1 aromatic carbocycles. The summed E-state index contributed by atoms with van der Waals surface area (Å²) in [6.45, 7) is 2.96. The Bertz CT molecular complexity index is 755. The average Bonchev–Trinajstić information content (AvgIpc) is 3.18. The van der Waals surface area contributed by atoms with Gasteiger partial charge in [0.05, 0.1) is 41.4 Å². The summed E-state index contributed by atoms with van der Waals surface area (Å²) in [4.78, 5) is 12.2. The van der Waals surface area contributed by atoms with Crippen LogP contribution < -0.4 is 5.32 Å². The Balaban J connectivity index is 1.82. The van der Waals surface area contributed by atoms with Gasteiger partial charge in [-0.15, -0.1) is 0 Å². The molecule has 1 unspecified atom stereocenters. The standard InChI is InChI=1S/C16H16F3N3O2/c1-9-13(7-20-22(9)10-5-6-24-8-10)21-16(23)12-4-2-3-11(14(12)17)15(18)19/h2-4,7,10,15H,5-6,8H2,1H3,(H,21,23). The number of anilines is 1. The molecule has 0 spiro atoms. The second kappa shape index (κ2) is 6.64. The normalized spacial score (nSPS) is 17.5. The van der Waals surface area contributed by atoms with Crippen LogP contribution >= 0.6 is 0 Å². The number of rotatable bonds is 4. The zero-order valence-corrected chi connectivity index (χ0v) is 12.9. The lowest BCUT2D eigenvalue weighted by atomic mass is 10.1. The van der Waals surface area contributed by atoms with Crippen molar-refractivity contribution in [3.63, 3.8) is 0 Å². The Labute approximate surface area is 136 Å². The van der Waals surface area contributed by atoms with Gasteiger partial charge in [-0.05, 0) is 19.4 Å². The Kier molecular flexibility index (Phi) is 4.57. The molecule has 128 valence electrons. The fraction of sp³-hybridized carbons (Fsp3) is 0.375. The Morgan fingerprint density at radius 3 is 2.92 bits per heavy atom. The van der Waals surface area contributed by atoms with Crippen molar-refractivity contribution in [3.05, 3.63) is 47.0 Å². The van der Waals surface area contributed by atoms with E-state index in [2.05, 4.69) is 10.4 Å². The van der Waals surface area contributed by atoms with Gasteiger partial charge in [0.1, 0.15) is 5.82 Å². The van der Waals surface area contributed by atoms with Gasteiger partial charge in [0.15, 0.2) is 0 Å². The SMILES string of the molecule is Cc1c(NC(=O)c2cccc(C(F)F)c2F)cnn1C1CCOC1. The minimum atomic E-state index is -2.98. The summed E-state index contributed by atoms with van der Waals surface area (Å²) in [7, 11) is 0. The highest BCUT2D eigenvalue weighted by Gasteiger charge is 2.23. The van der Waals surface area contributed by atoms with Crippen molar-refractivity contribution in [3.8, 4) is 0 Å². The highest BCUT2D eigenvalue weighted by Crippen LogP contribution is 2.26. The maximum Gasteiger partial charge on any atom is 0.266 e. The molecule has 5 nitrogen and oxygen atoms in total. The molecule has 1 atom stereocenters. The van der Waals surface area contributed by atoms with Crippen molar-refractivity contribution >= 4 is 11.6 Å². The van der Waals surface area contributed by atoms with E-state index in [9.17, 15) is 18.0 Å². The molecule has 2 aromatic rings. The minimum Gasteiger partial charge on any atom is -0.379 e. The van der Waals surface area contributed by atoms with Gasteiger partial charge >= 0.3 is 0 Å². The average molecular weight is 339 g/mol. The van der Waals surface area contributed by atoms with Crippen LogP contribution in [0, 0.1) is 12.7 Å². The maximum absolute atomic E-state index is 14.0. The number of nitrogens with zero attached hydrogens (tertiary/aromatic N) is 2. The molecule has 3 rings (SSSR count). The summed E-state index contributed by atoms with van der Waals surface area (Å²) < 4.78 is 46.6. The molecule has 0 radical (unpaired) electrons. The zero-order valence-electron chi connectivity index (χ0n) is 12.9. The molecule has 2 heterocycles. The van der Waals surface area contributed by atoms with Crippen molar-refractivity contribution in [2.75, 3.05) is 18.5 Å². The lowest BCUT2D eigenvalue weighted by Crippen LogP contribution is -2.16. The van der Waals surface area contributed by atoms with E-state index < -0.39 is 29.3 Å². The number of hydrogen-bond acceptors (Lipinski definition) is 3. The third-order valence-corrected chi connectivity index (χ3v) is 4.05. The van der Waals surface area contributed by atoms with Gasteiger partial charge in [0.2, 0.25) is 0 Å². The van der Waals surface area contributed by atoms with Crippen LogP contribution in [0.15, 0.2) is 24.4 Å². The number of amides is 1. The van der Waals surface area contributed by atoms with E-state index in [4.69, 9.17) is 4.74 Å².